The van der Waals surface area contributed by atoms with E-state index in [0.717, 1.165) is 17.0 Å². The quantitative estimate of drug-likeness (QED) is 0.742. The lowest BCUT2D eigenvalue weighted by Crippen LogP contribution is -1.96. The topological polar surface area (TPSA) is 82.5 Å². The maximum atomic E-state index is 11.5. The van der Waals surface area contributed by atoms with E-state index in [-0.39, 0.29) is 0 Å². The van der Waals surface area contributed by atoms with Gasteiger partial charge in [0.05, 0.1) is 22.8 Å². The number of aromatic amines is 1. The van der Waals surface area contributed by atoms with Crippen LogP contribution in [0, 0.1) is 12.1 Å². The third-order valence-electron chi connectivity index (χ3n) is 2.62. The molecule has 6 heteroatoms. The Bertz CT molecular complexity index is 672. The molecule has 0 aliphatic rings. The molecule has 0 bridgehead atoms. The van der Waals surface area contributed by atoms with Crippen molar-refractivity contribution in [1.82, 2.24) is 25.1 Å². The molecule has 0 saturated heterocycles. The van der Waals surface area contributed by atoms with Crippen molar-refractivity contribution in [2.75, 3.05) is 0 Å². The molecular formula is C12H10N5O-. The smallest absolute Gasteiger partial charge is 0.0891 e. The molecular weight excluding hydrogens is 230 g/mol. The predicted octanol–water partition coefficient (Wildman–Crippen LogP) is 1.99. The van der Waals surface area contributed by atoms with Crippen molar-refractivity contribution < 1.29 is 0 Å². The van der Waals surface area contributed by atoms with Crippen molar-refractivity contribution in [1.29, 1.82) is 0 Å². The van der Waals surface area contributed by atoms with Crippen LogP contribution in [0.5, 0.6) is 0 Å². The molecule has 6 nitrogen and oxygen atoms in total. The minimum Gasteiger partial charge on any atom is -0.790 e. The van der Waals surface area contributed by atoms with Crippen LogP contribution in [0.2, 0.25) is 0 Å². The Labute approximate surface area is 103 Å². The highest BCUT2D eigenvalue weighted by Gasteiger charge is 2.07. The van der Waals surface area contributed by atoms with Crippen molar-refractivity contribution in [3.05, 3.63) is 47.4 Å². The molecule has 3 aromatic heterocycles. The van der Waals surface area contributed by atoms with Gasteiger partial charge in [0, 0.05) is 12.4 Å². The van der Waals surface area contributed by atoms with Crippen molar-refractivity contribution in [3.63, 3.8) is 0 Å². The predicted molar refractivity (Wildman–Crippen MR) is 66.5 cm³/mol. The number of aryl methyl sites for hydroxylation is 1. The highest BCUT2D eigenvalue weighted by atomic mass is 16.5. The monoisotopic (exact) mass is 240 g/mol. The lowest BCUT2D eigenvalue weighted by atomic mass is 10.1. The second-order valence-electron chi connectivity index (χ2n) is 3.97. The first-order chi connectivity index (χ1) is 8.74. The third-order valence-corrected chi connectivity index (χ3v) is 2.62. The number of rotatable bonds is 2. The summed E-state index contributed by atoms with van der Waals surface area (Å²) in [4.78, 5) is 5.02. The molecule has 18 heavy (non-hydrogen) atoms. The van der Waals surface area contributed by atoms with Crippen LogP contribution >= 0.6 is 0 Å². The van der Waals surface area contributed by atoms with Crippen molar-refractivity contribution in [3.8, 4) is 22.8 Å². The molecule has 0 radical (unpaired) electrons. The molecule has 0 aliphatic carbocycles. The van der Waals surface area contributed by atoms with Gasteiger partial charge in [-0.15, -0.1) is 0 Å². The first-order valence-electron chi connectivity index (χ1n) is 5.44. The second-order valence-corrected chi connectivity index (χ2v) is 3.97. The van der Waals surface area contributed by atoms with E-state index in [1.165, 1.54) is 6.20 Å². The van der Waals surface area contributed by atoms with Crippen LogP contribution in [-0.4, -0.2) is 25.1 Å². The summed E-state index contributed by atoms with van der Waals surface area (Å²) in [6.07, 6.45) is 3.12. The summed E-state index contributed by atoms with van der Waals surface area (Å²) in [5, 5.41) is 21.8. The van der Waals surface area contributed by atoms with E-state index in [9.17, 15) is 5.21 Å². The van der Waals surface area contributed by atoms with Crippen LogP contribution in [0.15, 0.2) is 36.7 Å². The molecule has 0 aliphatic heterocycles. The van der Waals surface area contributed by atoms with E-state index in [2.05, 4.69) is 20.3 Å². The molecule has 90 valence electrons. The molecule has 0 aromatic carbocycles. The SMILES string of the molecule is Cc1cc(-c2ccn[nH]2)nc(-c2ccnn2[O-])c1. The van der Waals surface area contributed by atoms with E-state index in [1.54, 1.807) is 12.3 Å². The van der Waals surface area contributed by atoms with Gasteiger partial charge in [0.25, 0.3) is 0 Å². The van der Waals surface area contributed by atoms with E-state index in [4.69, 9.17) is 0 Å². The van der Waals surface area contributed by atoms with Crippen molar-refractivity contribution in [2.45, 2.75) is 6.92 Å². The normalized spacial score (nSPS) is 10.7. The van der Waals surface area contributed by atoms with Gasteiger partial charge in [-0.3, -0.25) is 9.94 Å². The van der Waals surface area contributed by atoms with Gasteiger partial charge < -0.3 is 5.21 Å². The number of pyridine rings is 1. The van der Waals surface area contributed by atoms with Gasteiger partial charge in [-0.05, 0) is 36.8 Å². The number of nitrogens with one attached hydrogen (secondary N) is 1. The van der Waals surface area contributed by atoms with E-state index in [1.807, 2.05) is 25.1 Å². The molecule has 0 atom stereocenters. The minimum absolute atomic E-state index is 0.444. The van der Waals surface area contributed by atoms with Gasteiger partial charge in [0.15, 0.2) is 0 Å². The summed E-state index contributed by atoms with van der Waals surface area (Å²) >= 11 is 0. The Morgan fingerprint density at radius 2 is 2.00 bits per heavy atom. The zero-order valence-corrected chi connectivity index (χ0v) is 9.66. The number of H-pyrrole nitrogens is 1. The number of aromatic nitrogens is 5. The molecule has 3 aromatic rings. The lowest BCUT2D eigenvalue weighted by Gasteiger charge is -2.10. The second kappa shape index (κ2) is 3.99. The van der Waals surface area contributed by atoms with Gasteiger partial charge >= 0.3 is 0 Å². The van der Waals surface area contributed by atoms with Crippen LogP contribution in [0.3, 0.4) is 0 Å². The average molecular weight is 240 g/mol. The standard InChI is InChI=1S/C12H10N5O/c1-8-6-10(9-2-4-13-16-9)15-11(7-8)12-3-5-14-17(12)18/h2-7H,1H3,(H,13,16)/q-1. The van der Waals surface area contributed by atoms with Gasteiger partial charge in [-0.25, -0.2) is 4.98 Å². The summed E-state index contributed by atoms with van der Waals surface area (Å²) in [5.41, 5.74) is 3.64. The summed E-state index contributed by atoms with van der Waals surface area (Å²) < 4.78 is 0. The number of nitrogens with zero attached hydrogens (tertiary/aromatic N) is 4. The highest BCUT2D eigenvalue weighted by molar-refractivity contribution is 5.63. The molecule has 0 spiro atoms. The highest BCUT2D eigenvalue weighted by Crippen LogP contribution is 2.22. The molecule has 0 unspecified atom stereocenters. The Balaban J connectivity index is 2.15. The lowest BCUT2D eigenvalue weighted by molar-refractivity contribution is 0.891. The van der Waals surface area contributed by atoms with Gasteiger partial charge in [-0.2, -0.15) is 10.2 Å². The minimum atomic E-state index is 0.444. The summed E-state index contributed by atoms with van der Waals surface area (Å²) in [6, 6.07) is 7.26. The third kappa shape index (κ3) is 1.73. The maximum absolute atomic E-state index is 11.5. The molecule has 0 fully saturated rings. The Morgan fingerprint density at radius 1 is 1.17 bits per heavy atom. The van der Waals surface area contributed by atoms with Crippen molar-refractivity contribution in [2.24, 2.45) is 0 Å². The number of hydrogen-bond acceptors (Lipinski definition) is 4. The van der Waals surface area contributed by atoms with Crippen LogP contribution in [0.25, 0.3) is 22.8 Å². The Kier molecular flexibility index (Phi) is 2.33. The molecule has 3 heterocycles. The first-order valence-corrected chi connectivity index (χ1v) is 5.44. The molecule has 0 saturated carbocycles. The van der Waals surface area contributed by atoms with Crippen LogP contribution in [0.4, 0.5) is 0 Å². The van der Waals surface area contributed by atoms with Gasteiger partial charge in [-0.1, -0.05) is 0 Å². The molecule has 1 N–H and O–H groups in total. The average Bonchev–Trinajstić information content (AvgIpc) is 2.98. The van der Waals surface area contributed by atoms with E-state index < -0.39 is 0 Å². The van der Waals surface area contributed by atoms with Crippen LogP contribution in [-0.2, 0) is 0 Å². The van der Waals surface area contributed by atoms with Crippen LogP contribution in [0.1, 0.15) is 5.56 Å². The summed E-state index contributed by atoms with van der Waals surface area (Å²) in [6.45, 7) is 1.95. The fraction of sp³-hybridized carbons (Fsp3) is 0.0833. The fourth-order valence-corrected chi connectivity index (χ4v) is 1.81. The Morgan fingerprint density at radius 3 is 2.67 bits per heavy atom. The summed E-state index contributed by atoms with van der Waals surface area (Å²) in [7, 11) is 0. The van der Waals surface area contributed by atoms with Crippen molar-refractivity contribution >= 4 is 0 Å². The largest absolute Gasteiger partial charge is 0.790 e. The zero-order chi connectivity index (χ0) is 12.5. The first kappa shape index (κ1) is 10.5. The zero-order valence-electron chi connectivity index (χ0n) is 9.66. The number of hydrogen-bond donors (Lipinski definition) is 1. The fourth-order valence-electron chi connectivity index (χ4n) is 1.81. The maximum Gasteiger partial charge on any atom is 0.0891 e. The molecule has 0 amide bonds. The summed E-state index contributed by atoms with van der Waals surface area (Å²) in [5.74, 6) is 0. The molecule has 3 rings (SSSR count). The Hall–Kier alpha value is -2.63. The van der Waals surface area contributed by atoms with E-state index >= 15 is 0 Å². The van der Waals surface area contributed by atoms with E-state index in [0.29, 0.717) is 16.2 Å². The van der Waals surface area contributed by atoms with Crippen LogP contribution < -0.4 is 0 Å². The van der Waals surface area contributed by atoms with Gasteiger partial charge in [0.2, 0.25) is 0 Å². The van der Waals surface area contributed by atoms with Gasteiger partial charge in [0.1, 0.15) is 0 Å².